The van der Waals surface area contributed by atoms with Crippen LogP contribution in [0.5, 0.6) is 0 Å². The molecule has 0 saturated carbocycles. The summed E-state index contributed by atoms with van der Waals surface area (Å²) in [7, 11) is 0. The van der Waals surface area contributed by atoms with Crippen molar-refractivity contribution >= 4 is 12.0 Å². The Labute approximate surface area is 154 Å². The van der Waals surface area contributed by atoms with Gasteiger partial charge in [-0.2, -0.15) is 0 Å². The van der Waals surface area contributed by atoms with Crippen LogP contribution in [0, 0.1) is 0 Å². The summed E-state index contributed by atoms with van der Waals surface area (Å²) < 4.78 is 0. The Bertz CT molecular complexity index is 490. The third-order valence-electron chi connectivity index (χ3n) is 4.21. The van der Waals surface area contributed by atoms with Gasteiger partial charge in [-0.1, -0.05) is 100 Å². The monoisotopic (exact) mass is 341 g/mol. The van der Waals surface area contributed by atoms with E-state index in [0.717, 1.165) is 25.8 Å². The lowest BCUT2D eigenvalue weighted by atomic mass is 10.1. The van der Waals surface area contributed by atoms with Crippen LogP contribution < -0.4 is 5.32 Å². The Kier molecular flexibility index (Phi) is 13.3. The fourth-order valence-electron chi connectivity index (χ4n) is 2.70. The van der Waals surface area contributed by atoms with Crippen molar-refractivity contribution in [2.75, 3.05) is 6.54 Å². The van der Waals surface area contributed by atoms with Crippen molar-refractivity contribution in [3.63, 3.8) is 0 Å². The molecule has 1 amide bonds. The molecule has 0 radical (unpaired) electrons. The van der Waals surface area contributed by atoms with E-state index in [1.165, 1.54) is 50.5 Å². The van der Waals surface area contributed by atoms with Crippen molar-refractivity contribution in [1.29, 1.82) is 0 Å². The molecular weight excluding hydrogens is 306 g/mol. The molecule has 0 spiro atoms. The molecule has 2 nitrogen and oxygen atoms in total. The van der Waals surface area contributed by atoms with Gasteiger partial charge in [-0.25, -0.2) is 0 Å². The zero-order chi connectivity index (χ0) is 18.0. The van der Waals surface area contributed by atoms with Crippen LogP contribution in [-0.4, -0.2) is 12.5 Å². The highest BCUT2D eigenvalue weighted by atomic mass is 16.1. The van der Waals surface area contributed by atoms with E-state index in [9.17, 15) is 4.79 Å². The van der Waals surface area contributed by atoms with Gasteiger partial charge in [0.1, 0.15) is 0 Å². The lowest BCUT2D eigenvalue weighted by molar-refractivity contribution is -0.116. The predicted molar refractivity (Wildman–Crippen MR) is 109 cm³/mol. The van der Waals surface area contributed by atoms with Crippen molar-refractivity contribution < 1.29 is 4.79 Å². The van der Waals surface area contributed by atoms with Gasteiger partial charge in [0, 0.05) is 6.54 Å². The summed E-state index contributed by atoms with van der Waals surface area (Å²) in [5, 5.41) is 2.97. The highest BCUT2D eigenvalue weighted by Crippen LogP contribution is 2.08. The molecule has 1 aromatic rings. The molecule has 1 aromatic carbocycles. The van der Waals surface area contributed by atoms with E-state index in [4.69, 9.17) is 0 Å². The normalized spacial score (nSPS) is 11.4. The summed E-state index contributed by atoms with van der Waals surface area (Å²) in [5.41, 5.74) is 1.22. The summed E-state index contributed by atoms with van der Waals surface area (Å²) in [5.74, 6) is 0.0370. The van der Waals surface area contributed by atoms with Crippen LogP contribution in [0.15, 0.2) is 48.6 Å². The van der Waals surface area contributed by atoms with Crippen molar-refractivity contribution in [1.82, 2.24) is 5.32 Å². The number of hydrogen-bond acceptors (Lipinski definition) is 1. The first-order valence-corrected chi connectivity index (χ1v) is 9.99. The van der Waals surface area contributed by atoms with Gasteiger partial charge in [0.05, 0.1) is 0 Å². The van der Waals surface area contributed by atoms with Gasteiger partial charge in [0.15, 0.2) is 0 Å². The van der Waals surface area contributed by atoms with Crippen LogP contribution in [0.3, 0.4) is 0 Å². The standard InChI is InChI=1S/C23H35NO/c1-2-3-4-5-6-7-10-16-21-24-23(25)20-15-9-8-12-17-22-18-13-11-14-19-22/h11-15,17-20H,2-10,16,21H2,1H3,(H,24,25)/b17-12-,20-15+. The largest absolute Gasteiger partial charge is 0.353 e. The summed E-state index contributed by atoms with van der Waals surface area (Å²) in [4.78, 5) is 11.7. The first kappa shape index (κ1) is 21.2. The Morgan fingerprint density at radius 2 is 1.52 bits per heavy atom. The first-order valence-electron chi connectivity index (χ1n) is 9.99. The number of hydrogen-bond donors (Lipinski definition) is 1. The van der Waals surface area contributed by atoms with Crippen LogP contribution >= 0.6 is 0 Å². The number of carbonyl (C=O) groups is 1. The van der Waals surface area contributed by atoms with Gasteiger partial charge in [0.25, 0.3) is 0 Å². The lowest BCUT2D eigenvalue weighted by Crippen LogP contribution is -2.21. The second-order valence-corrected chi connectivity index (χ2v) is 6.56. The van der Waals surface area contributed by atoms with E-state index in [1.807, 2.05) is 24.3 Å². The molecule has 0 aliphatic rings. The molecule has 25 heavy (non-hydrogen) atoms. The van der Waals surface area contributed by atoms with E-state index in [-0.39, 0.29) is 5.91 Å². The molecular formula is C23H35NO. The van der Waals surface area contributed by atoms with Crippen molar-refractivity contribution in [3.8, 4) is 0 Å². The van der Waals surface area contributed by atoms with Gasteiger partial charge in [-0.05, 0) is 30.9 Å². The van der Waals surface area contributed by atoms with Gasteiger partial charge in [-0.3, -0.25) is 4.79 Å². The Balaban J connectivity index is 1.94. The average Bonchev–Trinajstić information content (AvgIpc) is 2.64. The number of allylic oxidation sites excluding steroid dienone is 2. The van der Waals surface area contributed by atoms with Gasteiger partial charge in [0.2, 0.25) is 5.91 Å². The molecule has 0 aliphatic carbocycles. The molecule has 0 aromatic heterocycles. The van der Waals surface area contributed by atoms with Gasteiger partial charge < -0.3 is 5.32 Å². The number of unbranched alkanes of at least 4 members (excludes halogenated alkanes) is 8. The van der Waals surface area contributed by atoms with Gasteiger partial charge >= 0.3 is 0 Å². The number of benzene rings is 1. The molecule has 0 unspecified atom stereocenters. The third kappa shape index (κ3) is 13.2. The van der Waals surface area contributed by atoms with E-state index >= 15 is 0 Å². The lowest BCUT2D eigenvalue weighted by Gasteiger charge is -2.03. The third-order valence-corrected chi connectivity index (χ3v) is 4.21. The molecule has 0 fully saturated rings. The number of nitrogens with one attached hydrogen (secondary N) is 1. The molecule has 0 heterocycles. The minimum absolute atomic E-state index is 0.0370. The first-order chi connectivity index (χ1) is 12.3. The predicted octanol–water partition coefficient (Wildman–Crippen LogP) is 6.29. The van der Waals surface area contributed by atoms with E-state index in [0.29, 0.717) is 0 Å². The van der Waals surface area contributed by atoms with Crippen molar-refractivity contribution in [3.05, 3.63) is 54.1 Å². The van der Waals surface area contributed by atoms with Crippen LogP contribution in [-0.2, 0) is 4.79 Å². The summed E-state index contributed by atoms with van der Waals surface area (Å²) in [6.45, 7) is 3.05. The van der Waals surface area contributed by atoms with Crippen LogP contribution in [0.25, 0.3) is 6.08 Å². The second kappa shape index (κ2) is 15.7. The molecule has 0 atom stereocenters. The number of carbonyl (C=O) groups excluding carboxylic acids is 1. The Hall–Kier alpha value is -1.83. The molecule has 0 aliphatic heterocycles. The zero-order valence-corrected chi connectivity index (χ0v) is 15.9. The maximum absolute atomic E-state index is 11.7. The minimum atomic E-state index is 0.0370. The van der Waals surface area contributed by atoms with E-state index < -0.39 is 0 Å². The summed E-state index contributed by atoms with van der Waals surface area (Å²) >= 11 is 0. The topological polar surface area (TPSA) is 29.1 Å². The summed E-state index contributed by atoms with van der Waals surface area (Å²) in [6, 6.07) is 10.3. The van der Waals surface area contributed by atoms with Crippen molar-refractivity contribution in [2.24, 2.45) is 0 Å². The smallest absolute Gasteiger partial charge is 0.243 e. The fraction of sp³-hybridized carbons (Fsp3) is 0.522. The fourth-order valence-corrected chi connectivity index (χ4v) is 2.70. The van der Waals surface area contributed by atoms with Gasteiger partial charge in [-0.15, -0.1) is 0 Å². The highest BCUT2D eigenvalue weighted by Gasteiger charge is 1.95. The molecule has 2 heteroatoms. The van der Waals surface area contributed by atoms with Crippen LogP contribution in [0.1, 0.15) is 76.7 Å². The quantitative estimate of drug-likeness (QED) is 0.312. The Morgan fingerprint density at radius 1 is 0.880 bits per heavy atom. The van der Waals surface area contributed by atoms with Crippen LogP contribution in [0.2, 0.25) is 0 Å². The molecule has 0 bridgehead atoms. The molecule has 138 valence electrons. The minimum Gasteiger partial charge on any atom is -0.353 e. The summed E-state index contributed by atoms with van der Waals surface area (Å²) in [6.07, 6.45) is 20.1. The Morgan fingerprint density at radius 3 is 2.24 bits per heavy atom. The zero-order valence-electron chi connectivity index (χ0n) is 15.9. The number of amides is 1. The number of rotatable bonds is 14. The van der Waals surface area contributed by atoms with E-state index in [2.05, 4.69) is 36.5 Å². The van der Waals surface area contributed by atoms with Crippen molar-refractivity contribution in [2.45, 2.75) is 71.1 Å². The molecule has 1 N–H and O–H groups in total. The molecule has 1 rings (SSSR count). The molecule has 0 saturated heterocycles. The highest BCUT2D eigenvalue weighted by molar-refractivity contribution is 5.87. The van der Waals surface area contributed by atoms with E-state index in [1.54, 1.807) is 6.08 Å². The average molecular weight is 342 g/mol. The second-order valence-electron chi connectivity index (χ2n) is 6.56. The van der Waals surface area contributed by atoms with Crippen LogP contribution in [0.4, 0.5) is 0 Å². The maximum atomic E-state index is 11.7. The SMILES string of the molecule is CCCCCCCCCCNC(=O)/C=C/CC/C=C\c1ccccc1. The maximum Gasteiger partial charge on any atom is 0.243 e.